The molecule has 4 aliphatic rings. The number of hydrogen-bond acceptors (Lipinski definition) is 8. The van der Waals surface area contributed by atoms with Crippen molar-refractivity contribution in [2.45, 2.75) is 24.2 Å². The summed E-state index contributed by atoms with van der Waals surface area (Å²) in [5, 5.41) is 11.8. The van der Waals surface area contributed by atoms with Gasteiger partial charge < -0.3 is 19.3 Å². The number of imide groups is 1. The Balaban J connectivity index is 1.14. The van der Waals surface area contributed by atoms with Gasteiger partial charge in [0.1, 0.15) is 23.0 Å². The topological polar surface area (TPSA) is 119 Å². The Morgan fingerprint density at radius 1 is 0.717 bits per heavy atom. The van der Waals surface area contributed by atoms with E-state index in [0.717, 1.165) is 16.7 Å². The lowest BCUT2D eigenvalue weighted by molar-refractivity contribution is -0.135. The number of allylic oxidation sites excluding steroid dienone is 4. The number of carbonyl (C=O) groups is 4. The highest BCUT2D eigenvalue weighted by atomic mass is 16.5. The molecule has 9 heteroatoms. The first-order chi connectivity index (χ1) is 29.2. The minimum atomic E-state index is -1.50. The number of fused-ring (bicyclic) bond motifs is 4. The van der Waals surface area contributed by atoms with Gasteiger partial charge in [0.15, 0.2) is 11.6 Å². The first-order valence-corrected chi connectivity index (χ1v) is 20.1. The van der Waals surface area contributed by atoms with E-state index in [4.69, 9.17) is 14.2 Å². The lowest BCUT2D eigenvalue weighted by Gasteiger charge is -2.55. The standard InChI is InChI=1S/C51H43NO8/c1-58-35-23-26-42(59-2)32(27-35)20-17-30-18-21-34(22-19-30)52-49(56)37-25-24-36-39(45(37)50(52)57)28-40-48(55)38(31-11-6-4-7-12-31)29-44(54)51(40,33-13-8-5-9-14-33)47(36)46-41(53)15-10-16-43(46)60-3/h4-24,26-27,29,37,39-40,45,47,53H,25,28H2,1-3H3. The number of ketones is 2. The summed E-state index contributed by atoms with van der Waals surface area (Å²) in [6, 6.07) is 36.1. The third-order valence-electron chi connectivity index (χ3n) is 13.0. The van der Waals surface area contributed by atoms with Gasteiger partial charge in [0, 0.05) is 28.5 Å². The highest BCUT2D eigenvalue weighted by Crippen LogP contribution is 2.65. The highest BCUT2D eigenvalue weighted by Gasteiger charge is 2.66. The van der Waals surface area contributed by atoms with Crippen molar-refractivity contribution < 1.29 is 38.5 Å². The number of ether oxygens (including phenoxy) is 3. The number of nitrogens with zero attached hydrogens (tertiary/aromatic N) is 1. The molecule has 2 fully saturated rings. The molecule has 0 spiro atoms. The van der Waals surface area contributed by atoms with E-state index in [1.54, 1.807) is 44.6 Å². The Hall–Kier alpha value is -7.00. The molecule has 5 aromatic carbocycles. The highest BCUT2D eigenvalue weighted by molar-refractivity contribution is 6.32. The van der Waals surface area contributed by atoms with Gasteiger partial charge in [-0.25, -0.2) is 0 Å². The molecule has 1 saturated heterocycles. The number of phenols is 1. The molecular formula is C51H43NO8. The maximum absolute atomic E-state index is 15.3. The second-order valence-corrected chi connectivity index (χ2v) is 15.7. The van der Waals surface area contributed by atoms with Crippen LogP contribution in [0.15, 0.2) is 139 Å². The number of aromatic hydroxyl groups is 1. The third-order valence-corrected chi connectivity index (χ3v) is 13.0. The molecule has 60 heavy (non-hydrogen) atoms. The number of anilines is 1. The quantitative estimate of drug-likeness (QED) is 0.0895. The number of hydrogen-bond donors (Lipinski definition) is 1. The molecule has 3 aliphatic carbocycles. The molecule has 2 amide bonds. The molecule has 9 rings (SSSR count). The Morgan fingerprint density at radius 2 is 1.43 bits per heavy atom. The van der Waals surface area contributed by atoms with Crippen LogP contribution in [0.1, 0.15) is 46.6 Å². The summed E-state index contributed by atoms with van der Waals surface area (Å²) >= 11 is 0. The summed E-state index contributed by atoms with van der Waals surface area (Å²) < 4.78 is 16.8. The number of benzene rings is 5. The lowest BCUT2D eigenvalue weighted by atomic mass is 9.44. The fourth-order valence-corrected chi connectivity index (χ4v) is 10.3. The maximum Gasteiger partial charge on any atom is 0.238 e. The molecule has 300 valence electrons. The average molecular weight is 798 g/mol. The summed E-state index contributed by atoms with van der Waals surface area (Å²) in [6.45, 7) is 0. The fraction of sp³-hybridized carbons (Fsp3) is 0.216. The van der Waals surface area contributed by atoms with E-state index in [-0.39, 0.29) is 42.0 Å². The van der Waals surface area contributed by atoms with Crippen LogP contribution < -0.4 is 19.1 Å². The first kappa shape index (κ1) is 38.5. The maximum atomic E-state index is 15.3. The van der Waals surface area contributed by atoms with Gasteiger partial charge in [-0.3, -0.25) is 24.1 Å². The zero-order chi connectivity index (χ0) is 41.7. The monoisotopic (exact) mass is 797 g/mol. The van der Waals surface area contributed by atoms with Crippen LogP contribution in [0.25, 0.3) is 17.7 Å². The number of carbonyl (C=O) groups excluding carboxylic acids is 4. The summed E-state index contributed by atoms with van der Waals surface area (Å²) in [4.78, 5) is 61.2. The van der Waals surface area contributed by atoms with Crippen molar-refractivity contribution >= 4 is 46.8 Å². The van der Waals surface area contributed by atoms with Gasteiger partial charge in [0.2, 0.25) is 11.8 Å². The number of amides is 2. The van der Waals surface area contributed by atoms with Crippen molar-refractivity contribution in [1.29, 1.82) is 0 Å². The van der Waals surface area contributed by atoms with Crippen LogP contribution in [-0.4, -0.2) is 49.8 Å². The van der Waals surface area contributed by atoms with Gasteiger partial charge >= 0.3 is 0 Å². The molecule has 6 atom stereocenters. The van der Waals surface area contributed by atoms with Crippen LogP contribution in [-0.2, 0) is 24.6 Å². The van der Waals surface area contributed by atoms with E-state index in [9.17, 15) is 14.7 Å². The van der Waals surface area contributed by atoms with Crippen molar-refractivity contribution in [2.24, 2.45) is 23.7 Å². The van der Waals surface area contributed by atoms with Gasteiger partial charge in [-0.2, -0.15) is 0 Å². The summed E-state index contributed by atoms with van der Waals surface area (Å²) in [5.41, 5.74) is 3.27. The second-order valence-electron chi connectivity index (χ2n) is 15.7. The van der Waals surface area contributed by atoms with Gasteiger partial charge in [-0.1, -0.05) is 103 Å². The van der Waals surface area contributed by atoms with Crippen LogP contribution in [0.4, 0.5) is 5.69 Å². The van der Waals surface area contributed by atoms with E-state index in [2.05, 4.69) is 0 Å². The van der Waals surface area contributed by atoms with Crippen molar-refractivity contribution in [3.63, 3.8) is 0 Å². The molecule has 1 saturated carbocycles. The molecule has 9 nitrogen and oxygen atoms in total. The third kappa shape index (κ3) is 5.98. The van der Waals surface area contributed by atoms with Crippen molar-refractivity contribution in [3.05, 3.63) is 167 Å². The summed E-state index contributed by atoms with van der Waals surface area (Å²) in [7, 11) is 4.72. The predicted octanol–water partition coefficient (Wildman–Crippen LogP) is 8.62. The number of phenolic OH excluding ortho intramolecular Hbond substituents is 1. The van der Waals surface area contributed by atoms with E-state index >= 15 is 9.59 Å². The smallest absolute Gasteiger partial charge is 0.238 e. The molecule has 1 aliphatic heterocycles. The van der Waals surface area contributed by atoms with Crippen LogP contribution >= 0.6 is 0 Å². The van der Waals surface area contributed by atoms with Crippen LogP contribution in [0.3, 0.4) is 0 Å². The molecule has 1 heterocycles. The van der Waals surface area contributed by atoms with Gasteiger partial charge in [0.25, 0.3) is 0 Å². The fourth-order valence-electron chi connectivity index (χ4n) is 10.3. The number of methoxy groups -OCH3 is 3. The minimum Gasteiger partial charge on any atom is -0.508 e. The van der Waals surface area contributed by atoms with Crippen LogP contribution in [0.5, 0.6) is 23.0 Å². The number of rotatable bonds is 9. The Morgan fingerprint density at radius 3 is 2.13 bits per heavy atom. The van der Waals surface area contributed by atoms with Crippen LogP contribution in [0.2, 0.25) is 0 Å². The Labute approximate surface area is 348 Å². The molecule has 1 N–H and O–H groups in total. The Bertz CT molecular complexity index is 2630. The lowest BCUT2D eigenvalue weighted by Crippen LogP contribution is -2.58. The SMILES string of the molecule is COc1ccc(OC)c(C=Cc2ccc(N3C(=O)C4CC=C5C(CC6C(=O)C(c7ccccc7)=CC(=O)C6(c6ccccc6)C5c5c(O)cccc5OC)C4C3=O)cc2)c1. The minimum absolute atomic E-state index is 0.0930. The van der Waals surface area contributed by atoms with E-state index in [0.29, 0.717) is 45.2 Å². The normalized spacial score (nSPS) is 24.6. The zero-order valence-electron chi connectivity index (χ0n) is 33.4. The van der Waals surface area contributed by atoms with Crippen molar-refractivity contribution in [2.75, 3.05) is 26.2 Å². The molecule has 5 aromatic rings. The Kier molecular flexibility index (Phi) is 9.83. The van der Waals surface area contributed by atoms with Gasteiger partial charge in [-0.15, -0.1) is 0 Å². The van der Waals surface area contributed by atoms with Crippen molar-refractivity contribution in [1.82, 2.24) is 0 Å². The molecular weight excluding hydrogens is 755 g/mol. The van der Waals surface area contributed by atoms with E-state index in [1.807, 2.05) is 109 Å². The molecule has 0 bridgehead atoms. The first-order valence-electron chi connectivity index (χ1n) is 20.1. The van der Waals surface area contributed by atoms with Gasteiger partial charge in [0.05, 0.1) is 44.3 Å². The molecule has 0 radical (unpaired) electrons. The van der Waals surface area contributed by atoms with E-state index < -0.39 is 35.0 Å². The van der Waals surface area contributed by atoms with Gasteiger partial charge in [-0.05, 0) is 84.0 Å². The summed E-state index contributed by atoms with van der Waals surface area (Å²) in [6.07, 6.45) is 7.66. The molecule has 6 unspecified atom stereocenters. The number of Topliss-reactive ketones (excluding diaryl/α,β-unsaturated/α-hetero) is 1. The van der Waals surface area contributed by atoms with Crippen molar-refractivity contribution in [3.8, 4) is 23.0 Å². The molecule has 0 aromatic heterocycles. The van der Waals surface area contributed by atoms with E-state index in [1.165, 1.54) is 18.1 Å². The largest absolute Gasteiger partial charge is 0.508 e. The predicted molar refractivity (Wildman–Crippen MR) is 229 cm³/mol. The summed E-state index contributed by atoms with van der Waals surface area (Å²) in [5.74, 6) is -3.47. The average Bonchev–Trinajstić information content (AvgIpc) is 3.55. The van der Waals surface area contributed by atoms with Crippen LogP contribution in [0, 0.1) is 23.7 Å². The second kappa shape index (κ2) is 15.3. The zero-order valence-corrected chi connectivity index (χ0v) is 33.4.